The van der Waals surface area contributed by atoms with Crippen LogP contribution in [-0.2, 0) is 6.42 Å². The van der Waals surface area contributed by atoms with Gasteiger partial charge in [-0.1, -0.05) is 24.3 Å². The highest BCUT2D eigenvalue weighted by atomic mass is 19.1. The van der Waals surface area contributed by atoms with E-state index in [4.69, 9.17) is 4.42 Å². The van der Waals surface area contributed by atoms with Crippen LogP contribution in [0.4, 0.5) is 10.4 Å². The summed E-state index contributed by atoms with van der Waals surface area (Å²) in [6.45, 7) is 0.561. The molecule has 0 amide bonds. The second-order valence-electron chi connectivity index (χ2n) is 5.25. The van der Waals surface area contributed by atoms with Gasteiger partial charge in [0.1, 0.15) is 11.3 Å². The van der Waals surface area contributed by atoms with Gasteiger partial charge in [0.25, 0.3) is 6.01 Å². The van der Waals surface area contributed by atoms with E-state index in [9.17, 15) is 9.50 Å². The van der Waals surface area contributed by atoms with Crippen molar-refractivity contribution in [3.63, 3.8) is 0 Å². The van der Waals surface area contributed by atoms with Crippen molar-refractivity contribution in [1.82, 2.24) is 4.98 Å². The molecule has 0 aliphatic rings. The van der Waals surface area contributed by atoms with Gasteiger partial charge in [-0.3, -0.25) is 0 Å². The number of aliphatic hydroxyl groups is 1. The monoisotopic (exact) mass is 300 g/mol. The molecule has 4 nitrogen and oxygen atoms in total. The van der Waals surface area contributed by atoms with Crippen molar-refractivity contribution in [3.05, 3.63) is 59.9 Å². The quantitative estimate of drug-likeness (QED) is 0.734. The van der Waals surface area contributed by atoms with E-state index in [1.807, 2.05) is 24.3 Å². The molecule has 1 heterocycles. The van der Waals surface area contributed by atoms with Crippen LogP contribution in [0.3, 0.4) is 0 Å². The van der Waals surface area contributed by atoms with Gasteiger partial charge in [-0.15, -0.1) is 0 Å². The van der Waals surface area contributed by atoms with E-state index in [0.29, 0.717) is 19.0 Å². The fourth-order valence-corrected chi connectivity index (χ4v) is 2.33. The summed E-state index contributed by atoms with van der Waals surface area (Å²) in [7, 11) is 0. The Morgan fingerprint density at radius 1 is 1.14 bits per heavy atom. The van der Waals surface area contributed by atoms with E-state index in [2.05, 4.69) is 10.3 Å². The van der Waals surface area contributed by atoms with Crippen LogP contribution in [0.5, 0.6) is 0 Å². The van der Waals surface area contributed by atoms with E-state index < -0.39 is 0 Å². The summed E-state index contributed by atoms with van der Waals surface area (Å²) in [5.74, 6) is -0.255. The fraction of sp³-hybridized carbons (Fsp3) is 0.235. The second-order valence-corrected chi connectivity index (χ2v) is 5.25. The van der Waals surface area contributed by atoms with Crippen LogP contribution in [0.15, 0.2) is 52.9 Å². The molecule has 0 saturated heterocycles. The van der Waals surface area contributed by atoms with Crippen LogP contribution in [-0.4, -0.2) is 23.2 Å². The molecule has 0 aliphatic heterocycles. The number of nitrogens with zero attached hydrogens (tertiary/aromatic N) is 1. The van der Waals surface area contributed by atoms with Crippen molar-refractivity contribution in [3.8, 4) is 0 Å². The second kappa shape index (κ2) is 6.58. The van der Waals surface area contributed by atoms with Crippen molar-refractivity contribution >= 4 is 17.1 Å². The van der Waals surface area contributed by atoms with Crippen molar-refractivity contribution in [2.45, 2.75) is 6.42 Å². The van der Waals surface area contributed by atoms with E-state index >= 15 is 0 Å². The zero-order chi connectivity index (χ0) is 15.4. The van der Waals surface area contributed by atoms with Gasteiger partial charge in [-0.25, -0.2) is 4.39 Å². The van der Waals surface area contributed by atoms with Gasteiger partial charge in [0.15, 0.2) is 5.58 Å². The number of nitrogens with one attached hydrogen (secondary N) is 1. The number of benzene rings is 2. The van der Waals surface area contributed by atoms with Crippen LogP contribution in [0.2, 0.25) is 0 Å². The number of halogens is 1. The number of hydrogen-bond donors (Lipinski definition) is 2. The minimum absolute atomic E-state index is 0.000438. The standard InChI is InChI=1S/C17H17FN2O2/c18-14-7-5-12(6-8-14)9-13(11-21)10-19-17-20-15-3-1-2-4-16(15)22-17/h1-8,13,21H,9-11H2,(H,19,20)/t13-/m0/s1. The zero-order valence-electron chi connectivity index (χ0n) is 12.0. The summed E-state index contributed by atoms with van der Waals surface area (Å²) in [5, 5.41) is 12.6. The molecule has 0 radical (unpaired) electrons. The van der Waals surface area contributed by atoms with E-state index in [1.165, 1.54) is 12.1 Å². The molecule has 3 aromatic rings. The largest absolute Gasteiger partial charge is 0.424 e. The van der Waals surface area contributed by atoms with E-state index in [1.54, 1.807) is 12.1 Å². The summed E-state index contributed by atoms with van der Waals surface area (Å²) in [5.41, 5.74) is 2.51. The van der Waals surface area contributed by atoms with Crippen LogP contribution >= 0.6 is 0 Å². The molecule has 1 atom stereocenters. The minimum atomic E-state index is -0.256. The number of fused-ring (bicyclic) bond motifs is 1. The Hall–Kier alpha value is -2.40. The molecule has 0 saturated carbocycles. The number of oxazole rings is 1. The third-order valence-electron chi connectivity index (χ3n) is 3.53. The summed E-state index contributed by atoms with van der Waals surface area (Å²) >= 11 is 0. The Labute approximate surface area is 127 Å². The molecule has 0 spiro atoms. The Morgan fingerprint density at radius 2 is 1.91 bits per heavy atom. The lowest BCUT2D eigenvalue weighted by molar-refractivity contribution is 0.232. The molecule has 0 aliphatic carbocycles. The van der Waals surface area contributed by atoms with Crippen molar-refractivity contribution in [2.75, 3.05) is 18.5 Å². The van der Waals surface area contributed by atoms with Gasteiger partial charge in [0.2, 0.25) is 0 Å². The molecule has 5 heteroatoms. The molecule has 0 bridgehead atoms. The minimum Gasteiger partial charge on any atom is -0.424 e. The topological polar surface area (TPSA) is 58.3 Å². The SMILES string of the molecule is OC[C@H](CNc1nc2ccccc2o1)Cc1ccc(F)cc1. The van der Waals surface area contributed by atoms with Gasteiger partial charge < -0.3 is 14.8 Å². The molecule has 3 rings (SSSR count). The Kier molecular flexibility index (Phi) is 4.34. The zero-order valence-corrected chi connectivity index (χ0v) is 12.0. The summed E-state index contributed by atoms with van der Waals surface area (Å²) in [6.07, 6.45) is 0.657. The Morgan fingerprint density at radius 3 is 2.64 bits per heavy atom. The average molecular weight is 300 g/mol. The highest BCUT2D eigenvalue weighted by Crippen LogP contribution is 2.18. The Bertz CT molecular complexity index is 707. The normalized spacial score (nSPS) is 12.5. The first-order valence-electron chi connectivity index (χ1n) is 7.19. The van der Waals surface area contributed by atoms with Crippen LogP contribution < -0.4 is 5.32 Å². The van der Waals surface area contributed by atoms with Gasteiger partial charge in [0.05, 0.1) is 0 Å². The summed E-state index contributed by atoms with van der Waals surface area (Å²) in [6, 6.07) is 14.3. The first-order valence-corrected chi connectivity index (χ1v) is 7.19. The van der Waals surface area contributed by atoms with Crippen molar-refractivity contribution in [1.29, 1.82) is 0 Å². The lowest BCUT2D eigenvalue weighted by Gasteiger charge is -2.14. The molecular weight excluding hydrogens is 283 g/mol. The third-order valence-corrected chi connectivity index (χ3v) is 3.53. The highest BCUT2D eigenvalue weighted by Gasteiger charge is 2.11. The molecule has 0 unspecified atom stereocenters. The molecular formula is C17H17FN2O2. The number of hydrogen-bond acceptors (Lipinski definition) is 4. The number of rotatable bonds is 6. The first kappa shape index (κ1) is 14.5. The maximum absolute atomic E-state index is 12.9. The van der Waals surface area contributed by atoms with Gasteiger partial charge in [0, 0.05) is 19.1 Å². The van der Waals surface area contributed by atoms with Crippen LogP contribution in [0, 0.1) is 11.7 Å². The first-order chi connectivity index (χ1) is 10.7. The molecule has 2 aromatic carbocycles. The molecule has 1 aromatic heterocycles. The van der Waals surface area contributed by atoms with Crippen LogP contribution in [0.25, 0.3) is 11.1 Å². The third kappa shape index (κ3) is 3.43. The number of para-hydroxylation sites is 2. The number of aliphatic hydroxyl groups excluding tert-OH is 1. The maximum atomic E-state index is 12.9. The molecule has 2 N–H and O–H groups in total. The summed E-state index contributed by atoms with van der Waals surface area (Å²) in [4.78, 5) is 4.33. The Balaban J connectivity index is 1.61. The number of aromatic nitrogens is 1. The smallest absolute Gasteiger partial charge is 0.295 e. The highest BCUT2D eigenvalue weighted by molar-refractivity contribution is 5.74. The van der Waals surface area contributed by atoms with Crippen molar-refractivity contribution in [2.24, 2.45) is 5.92 Å². The van der Waals surface area contributed by atoms with Crippen molar-refractivity contribution < 1.29 is 13.9 Å². The van der Waals surface area contributed by atoms with Crippen LogP contribution in [0.1, 0.15) is 5.56 Å². The van der Waals surface area contributed by atoms with E-state index in [-0.39, 0.29) is 18.3 Å². The maximum Gasteiger partial charge on any atom is 0.295 e. The predicted octanol–water partition coefficient (Wildman–Crippen LogP) is 3.23. The lowest BCUT2D eigenvalue weighted by Crippen LogP contribution is -2.20. The van der Waals surface area contributed by atoms with Gasteiger partial charge in [-0.2, -0.15) is 4.98 Å². The van der Waals surface area contributed by atoms with E-state index in [0.717, 1.165) is 16.7 Å². The lowest BCUT2D eigenvalue weighted by atomic mass is 10.00. The average Bonchev–Trinajstić information content (AvgIpc) is 2.96. The fourth-order valence-electron chi connectivity index (χ4n) is 2.33. The summed E-state index contributed by atoms with van der Waals surface area (Å²) < 4.78 is 18.5. The molecule has 114 valence electrons. The van der Waals surface area contributed by atoms with Gasteiger partial charge in [-0.05, 0) is 36.2 Å². The molecule has 22 heavy (non-hydrogen) atoms. The van der Waals surface area contributed by atoms with Gasteiger partial charge >= 0.3 is 0 Å². The predicted molar refractivity (Wildman–Crippen MR) is 83.2 cm³/mol. The number of anilines is 1. The molecule has 0 fully saturated rings.